The molecule has 0 aromatic carbocycles. The van der Waals surface area contributed by atoms with Crippen molar-refractivity contribution in [3.63, 3.8) is 0 Å². The first-order valence-corrected chi connectivity index (χ1v) is 11.5. The normalized spacial score (nSPS) is 23.8. The highest BCUT2D eigenvalue weighted by Crippen LogP contribution is 2.19. The Bertz CT molecular complexity index is 743. The summed E-state index contributed by atoms with van der Waals surface area (Å²) in [5.41, 5.74) is 0.474. The number of aromatic amines is 1. The number of aromatic nitrogens is 1. The molecule has 3 heterocycles. The van der Waals surface area contributed by atoms with E-state index in [1.54, 1.807) is 18.5 Å². The minimum Gasteiger partial charge on any atom is -0.367 e. The fourth-order valence-corrected chi connectivity index (χ4v) is 4.13. The van der Waals surface area contributed by atoms with Gasteiger partial charge in [0.05, 0.1) is 11.7 Å². The van der Waals surface area contributed by atoms with E-state index in [0.717, 1.165) is 32.4 Å². The standard InChI is InChI=1S/C23H36N4O4/c1-15(2)16(3)6-7-18(25-22(29)17-8-9-24-12-17)23(30)26-21-19(28)14-31-20(21)13-27-10-4-5-11-27/h8-9,12,15-16,18,20-21,24H,4-7,10-11,13-14H2,1-3H3,(H,25,29)(H,26,30). The van der Waals surface area contributed by atoms with Crippen molar-refractivity contribution in [1.29, 1.82) is 0 Å². The van der Waals surface area contributed by atoms with Gasteiger partial charge in [0.15, 0.2) is 5.78 Å². The van der Waals surface area contributed by atoms with Crippen LogP contribution in [-0.4, -0.2) is 71.9 Å². The Labute approximate surface area is 184 Å². The average molecular weight is 433 g/mol. The van der Waals surface area contributed by atoms with Crippen LogP contribution in [-0.2, 0) is 14.3 Å². The molecule has 2 saturated heterocycles. The number of nitrogens with zero attached hydrogens (tertiary/aromatic N) is 1. The summed E-state index contributed by atoms with van der Waals surface area (Å²) in [6.07, 6.45) is 6.54. The van der Waals surface area contributed by atoms with E-state index in [1.807, 2.05) is 0 Å². The maximum absolute atomic E-state index is 13.2. The number of carbonyl (C=O) groups is 3. The van der Waals surface area contributed by atoms with Crippen LogP contribution in [0.3, 0.4) is 0 Å². The Kier molecular flexibility index (Phi) is 8.26. The molecule has 2 amide bonds. The zero-order valence-corrected chi connectivity index (χ0v) is 18.9. The van der Waals surface area contributed by atoms with Crippen molar-refractivity contribution in [1.82, 2.24) is 20.5 Å². The fourth-order valence-electron chi connectivity index (χ4n) is 4.13. The SMILES string of the molecule is CC(C)C(C)CCC(NC(=O)c1cc[nH]c1)C(=O)NC1C(=O)COC1CN1CCCC1. The monoisotopic (exact) mass is 432 g/mol. The number of H-pyrrole nitrogens is 1. The molecule has 8 nitrogen and oxygen atoms in total. The Morgan fingerprint density at radius 3 is 2.61 bits per heavy atom. The maximum Gasteiger partial charge on any atom is 0.253 e. The molecule has 0 saturated carbocycles. The molecule has 8 heteroatoms. The molecule has 2 aliphatic rings. The van der Waals surface area contributed by atoms with Crippen molar-refractivity contribution in [3.8, 4) is 0 Å². The van der Waals surface area contributed by atoms with Crippen LogP contribution in [0.5, 0.6) is 0 Å². The number of likely N-dealkylation sites (tertiary alicyclic amines) is 1. The van der Waals surface area contributed by atoms with Gasteiger partial charge in [0.25, 0.3) is 5.91 Å². The second-order valence-corrected chi connectivity index (χ2v) is 9.23. The summed E-state index contributed by atoms with van der Waals surface area (Å²) < 4.78 is 5.69. The Morgan fingerprint density at radius 1 is 1.23 bits per heavy atom. The van der Waals surface area contributed by atoms with E-state index < -0.39 is 12.1 Å². The van der Waals surface area contributed by atoms with E-state index in [-0.39, 0.29) is 30.3 Å². The molecule has 3 N–H and O–H groups in total. The number of rotatable bonds is 10. The molecule has 4 unspecified atom stereocenters. The molecule has 3 rings (SSSR count). The van der Waals surface area contributed by atoms with Crippen molar-refractivity contribution >= 4 is 17.6 Å². The molecule has 0 aliphatic carbocycles. The zero-order chi connectivity index (χ0) is 22.4. The first-order chi connectivity index (χ1) is 14.8. The molecular weight excluding hydrogens is 396 g/mol. The number of ether oxygens (including phenoxy) is 1. The van der Waals surface area contributed by atoms with Crippen molar-refractivity contribution in [2.24, 2.45) is 11.8 Å². The molecule has 1 aromatic rings. The van der Waals surface area contributed by atoms with Gasteiger partial charge in [-0.2, -0.15) is 0 Å². The van der Waals surface area contributed by atoms with Gasteiger partial charge in [0, 0.05) is 18.9 Å². The number of amides is 2. The second-order valence-electron chi connectivity index (χ2n) is 9.23. The van der Waals surface area contributed by atoms with Crippen molar-refractivity contribution < 1.29 is 19.1 Å². The Morgan fingerprint density at radius 2 is 1.97 bits per heavy atom. The van der Waals surface area contributed by atoms with E-state index in [2.05, 4.69) is 41.3 Å². The van der Waals surface area contributed by atoms with Gasteiger partial charge < -0.3 is 25.3 Å². The quantitative estimate of drug-likeness (QED) is 0.522. The Hall–Kier alpha value is -2.19. The largest absolute Gasteiger partial charge is 0.367 e. The van der Waals surface area contributed by atoms with Gasteiger partial charge in [-0.3, -0.25) is 14.4 Å². The summed E-state index contributed by atoms with van der Waals surface area (Å²) in [6, 6.07) is 0.299. The highest BCUT2D eigenvalue weighted by molar-refractivity contribution is 5.98. The van der Waals surface area contributed by atoms with E-state index in [4.69, 9.17) is 4.74 Å². The lowest BCUT2D eigenvalue weighted by Gasteiger charge is -2.26. The van der Waals surface area contributed by atoms with Crippen molar-refractivity contribution in [2.45, 2.75) is 64.6 Å². The van der Waals surface area contributed by atoms with Crippen LogP contribution in [0.25, 0.3) is 0 Å². The van der Waals surface area contributed by atoms with E-state index in [1.165, 1.54) is 0 Å². The van der Waals surface area contributed by atoms with Gasteiger partial charge in [-0.05, 0) is 56.7 Å². The lowest BCUT2D eigenvalue weighted by Crippen LogP contribution is -2.54. The predicted octanol–water partition coefficient (Wildman–Crippen LogP) is 1.73. The van der Waals surface area contributed by atoms with Crippen molar-refractivity contribution in [3.05, 3.63) is 24.0 Å². The summed E-state index contributed by atoms with van der Waals surface area (Å²) in [6.45, 7) is 9.10. The fraction of sp³-hybridized carbons (Fsp3) is 0.696. The lowest BCUT2D eigenvalue weighted by molar-refractivity contribution is -0.127. The molecule has 0 bridgehead atoms. The summed E-state index contributed by atoms with van der Waals surface area (Å²) in [5, 5.41) is 5.75. The van der Waals surface area contributed by atoms with Gasteiger partial charge in [0.1, 0.15) is 18.7 Å². The zero-order valence-electron chi connectivity index (χ0n) is 18.9. The van der Waals surface area contributed by atoms with Gasteiger partial charge in [-0.15, -0.1) is 0 Å². The number of carbonyl (C=O) groups excluding carboxylic acids is 3. The predicted molar refractivity (Wildman–Crippen MR) is 118 cm³/mol. The number of Topliss-reactive ketones (excluding diaryl/α,β-unsaturated/α-hetero) is 1. The lowest BCUT2D eigenvalue weighted by atomic mass is 9.91. The highest BCUT2D eigenvalue weighted by Gasteiger charge is 2.39. The highest BCUT2D eigenvalue weighted by atomic mass is 16.5. The van der Waals surface area contributed by atoms with E-state index in [9.17, 15) is 14.4 Å². The maximum atomic E-state index is 13.2. The van der Waals surface area contributed by atoms with Crippen LogP contribution >= 0.6 is 0 Å². The third-order valence-corrected chi connectivity index (χ3v) is 6.62. The van der Waals surface area contributed by atoms with Crippen LogP contribution in [0.15, 0.2) is 18.5 Å². The number of hydrogen-bond acceptors (Lipinski definition) is 5. The van der Waals surface area contributed by atoms with Gasteiger partial charge in [-0.1, -0.05) is 20.8 Å². The summed E-state index contributed by atoms with van der Waals surface area (Å²) >= 11 is 0. The molecule has 4 atom stereocenters. The third kappa shape index (κ3) is 6.40. The summed E-state index contributed by atoms with van der Waals surface area (Å²) in [5.74, 6) is 0.165. The number of ketones is 1. The van der Waals surface area contributed by atoms with Gasteiger partial charge in [0.2, 0.25) is 5.91 Å². The second kappa shape index (κ2) is 10.9. The molecule has 2 aliphatic heterocycles. The minimum absolute atomic E-state index is 0.0220. The summed E-state index contributed by atoms with van der Waals surface area (Å²) in [4.78, 5) is 43.3. The smallest absolute Gasteiger partial charge is 0.253 e. The third-order valence-electron chi connectivity index (χ3n) is 6.62. The number of nitrogens with one attached hydrogen (secondary N) is 3. The van der Waals surface area contributed by atoms with E-state index >= 15 is 0 Å². The van der Waals surface area contributed by atoms with Crippen LogP contribution < -0.4 is 10.6 Å². The molecule has 0 spiro atoms. The first kappa shape index (κ1) is 23.5. The van der Waals surface area contributed by atoms with Crippen LogP contribution in [0.1, 0.15) is 56.8 Å². The van der Waals surface area contributed by atoms with Gasteiger partial charge in [-0.25, -0.2) is 0 Å². The van der Waals surface area contributed by atoms with E-state index in [0.29, 0.717) is 30.4 Å². The average Bonchev–Trinajstić information content (AvgIpc) is 3.50. The Balaban J connectivity index is 1.65. The topological polar surface area (TPSA) is 104 Å². The molecular formula is C23H36N4O4. The molecule has 2 fully saturated rings. The molecule has 1 aromatic heterocycles. The number of hydrogen-bond donors (Lipinski definition) is 3. The van der Waals surface area contributed by atoms with Crippen LogP contribution in [0.4, 0.5) is 0 Å². The molecule has 0 radical (unpaired) electrons. The van der Waals surface area contributed by atoms with Crippen LogP contribution in [0.2, 0.25) is 0 Å². The molecule has 172 valence electrons. The van der Waals surface area contributed by atoms with Gasteiger partial charge >= 0.3 is 0 Å². The molecule has 31 heavy (non-hydrogen) atoms. The minimum atomic E-state index is -0.704. The summed E-state index contributed by atoms with van der Waals surface area (Å²) in [7, 11) is 0. The first-order valence-electron chi connectivity index (χ1n) is 11.5. The van der Waals surface area contributed by atoms with Crippen molar-refractivity contribution in [2.75, 3.05) is 26.2 Å². The van der Waals surface area contributed by atoms with Crippen LogP contribution in [0, 0.1) is 11.8 Å².